The second kappa shape index (κ2) is 7.57. The number of rotatable bonds is 5. The van der Waals surface area contributed by atoms with Gasteiger partial charge in [-0.25, -0.2) is 0 Å². The van der Waals surface area contributed by atoms with E-state index < -0.39 is 6.36 Å². The highest BCUT2D eigenvalue weighted by Crippen LogP contribution is 2.25. The first-order valence-electron chi connectivity index (χ1n) is 7.77. The maximum atomic E-state index is 12.1. The molecule has 23 heavy (non-hydrogen) atoms. The highest BCUT2D eigenvalue weighted by atomic mass is 19.4. The third-order valence-electron chi connectivity index (χ3n) is 3.77. The fraction of sp³-hybridized carbons (Fsp3) is 0.562. The zero-order valence-electron chi connectivity index (χ0n) is 13.0. The summed E-state index contributed by atoms with van der Waals surface area (Å²) in [6.07, 6.45) is -1.58. The molecule has 1 aliphatic heterocycles. The second-order valence-corrected chi connectivity index (χ2v) is 5.62. The van der Waals surface area contributed by atoms with E-state index in [-0.39, 0.29) is 17.7 Å². The molecule has 0 unspecified atom stereocenters. The first-order chi connectivity index (χ1) is 10.9. The lowest BCUT2D eigenvalue weighted by atomic mass is 10.0. The van der Waals surface area contributed by atoms with E-state index in [9.17, 15) is 18.0 Å². The Labute approximate surface area is 133 Å². The molecule has 0 aliphatic carbocycles. The van der Waals surface area contributed by atoms with Crippen molar-refractivity contribution in [3.05, 3.63) is 24.3 Å². The number of carbonyl (C=O) groups excluding carboxylic acids is 1. The van der Waals surface area contributed by atoms with Gasteiger partial charge < -0.3 is 15.0 Å². The van der Waals surface area contributed by atoms with Crippen molar-refractivity contribution in [3.8, 4) is 5.75 Å². The number of anilines is 1. The van der Waals surface area contributed by atoms with Gasteiger partial charge in [0.2, 0.25) is 5.91 Å². The van der Waals surface area contributed by atoms with Crippen LogP contribution in [0.1, 0.15) is 32.6 Å². The molecule has 1 saturated heterocycles. The van der Waals surface area contributed by atoms with Crippen molar-refractivity contribution in [2.45, 2.75) is 45.0 Å². The summed E-state index contributed by atoms with van der Waals surface area (Å²) in [6.45, 7) is 3.41. The molecular weight excluding hydrogens is 309 g/mol. The van der Waals surface area contributed by atoms with E-state index in [4.69, 9.17) is 0 Å². The maximum absolute atomic E-state index is 12.1. The van der Waals surface area contributed by atoms with Gasteiger partial charge in [0, 0.05) is 31.2 Å². The van der Waals surface area contributed by atoms with Crippen LogP contribution in [0.2, 0.25) is 0 Å². The van der Waals surface area contributed by atoms with Gasteiger partial charge >= 0.3 is 6.36 Å². The molecule has 0 aromatic heterocycles. The third kappa shape index (κ3) is 5.65. The van der Waals surface area contributed by atoms with Crippen LogP contribution in [-0.2, 0) is 4.79 Å². The van der Waals surface area contributed by atoms with Crippen molar-refractivity contribution in [2.75, 3.05) is 18.4 Å². The van der Waals surface area contributed by atoms with E-state index in [1.807, 2.05) is 11.8 Å². The average molecular weight is 330 g/mol. The molecule has 2 rings (SSSR count). The Balaban J connectivity index is 1.81. The molecule has 1 aliphatic rings. The zero-order valence-corrected chi connectivity index (χ0v) is 13.0. The number of hydrogen-bond donors (Lipinski definition) is 1. The Hall–Kier alpha value is -1.92. The summed E-state index contributed by atoms with van der Waals surface area (Å²) in [7, 11) is 0. The first kappa shape index (κ1) is 17.4. The van der Waals surface area contributed by atoms with E-state index >= 15 is 0 Å². The summed E-state index contributed by atoms with van der Waals surface area (Å²) in [5.41, 5.74) is 0.748. The maximum Gasteiger partial charge on any atom is 0.573 e. The van der Waals surface area contributed by atoms with Crippen LogP contribution in [-0.4, -0.2) is 36.3 Å². The lowest BCUT2D eigenvalue weighted by molar-refractivity contribution is -0.274. The molecule has 1 heterocycles. The minimum atomic E-state index is -4.67. The van der Waals surface area contributed by atoms with Crippen molar-refractivity contribution in [1.29, 1.82) is 0 Å². The van der Waals surface area contributed by atoms with Crippen LogP contribution in [0.15, 0.2) is 24.3 Å². The fourth-order valence-corrected chi connectivity index (χ4v) is 2.63. The van der Waals surface area contributed by atoms with Crippen molar-refractivity contribution in [1.82, 2.24) is 4.90 Å². The summed E-state index contributed by atoms with van der Waals surface area (Å²) in [5, 5.41) is 3.29. The summed E-state index contributed by atoms with van der Waals surface area (Å²) in [6, 6.07) is 5.92. The van der Waals surface area contributed by atoms with E-state index in [0.29, 0.717) is 19.5 Å². The molecular formula is C16H21F3N2O2. The SMILES string of the molecule is CCCC(=O)N1CCC(Nc2ccc(OC(F)(F)F)cc2)CC1. The second-order valence-electron chi connectivity index (χ2n) is 5.62. The quantitative estimate of drug-likeness (QED) is 0.893. The van der Waals surface area contributed by atoms with Gasteiger partial charge in [0.05, 0.1) is 0 Å². The molecule has 4 nitrogen and oxygen atoms in total. The first-order valence-corrected chi connectivity index (χ1v) is 7.77. The minimum Gasteiger partial charge on any atom is -0.406 e. The zero-order chi connectivity index (χ0) is 16.9. The van der Waals surface area contributed by atoms with Crippen LogP contribution in [0.5, 0.6) is 5.75 Å². The smallest absolute Gasteiger partial charge is 0.406 e. The van der Waals surface area contributed by atoms with Crippen LogP contribution >= 0.6 is 0 Å². The van der Waals surface area contributed by atoms with Gasteiger partial charge in [-0.2, -0.15) is 0 Å². The summed E-state index contributed by atoms with van der Waals surface area (Å²) in [5.74, 6) is -0.0392. The van der Waals surface area contributed by atoms with E-state index in [0.717, 1.165) is 24.9 Å². The number of amides is 1. The van der Waals surface area contributed by atoms with Gasteiger partial charge in [0.1, 0.15) is 5.75 Å². The van der Waals surface area contributed by atoms with Crippen molar-refractivity contribution in [3.63, 3.8) is 0 Å². The van der Waals surface area contributed by atoms with Crippen LogP contribution in [0.3, 0.4) is 0 Å². The Morgan fingerprint density at radius 1 is 1.26 bits per heavy atom. The lowest BCUT2D eigenvalue weighted by Crippen LogP contribution is -2.42. The van der Waals surface area contributed by atoms with E-state index in [2.05, 4.69) is 10.1 Å². The Kier molecular flexibility index (Phi) is 5.74. The lowest BCUT2D eigenvalue weighted by Gasteiger charge is -2.33. The van der Waals surface area contributed by atoms with Crippen LogP contribution in [0, 0.1) is 0 Å². The van der Waals surface area contributed by atoms with Gasteiger partial charge in [0.25, 0.3) is 0 Å². The van der Waals surface area contributed by atoms with Crippen molar-refractivity contribution in [2.24, 2.45) is 0 Å². The van der Waals surface area contributed by atoms with Crippen LogP contribution in [0.4, 0.5) is 18.9 Å². The predicted molar refractivity (Wildman–Crippen MR) is 81.3 cm³/mol. The van der Waals surface area contributed by atoms with Gasteiger partial charge in [-0.1, -0.05) is 6.92 Å². The Morgan fingerprint density at radius 3 is 2.39 bits per heavy atom. The normalized spacial score (nSPS) is 16.3. The molecule has 7 heteroatoms. The number of halogens is 3. The molecule has 1 aromatic carbocycles. The molecule has 1 N–H and O–H groups in total. The number of ether oxygens (including phenoxy) is 1. The monoisotopic (exact) mass is 330 g/mol. The number of piperidine rings is 1. The summed E-state index contributed by atoms with van der Waals surface area (Å²) >= 11 is 0. The molecule has 0 saturated carbocycles. The van der Waals surface area contributed by atoms with Gasteiger partial charge in [-0.3, -0.25) is 4.79 Å². The number of hydrogen-bond acceptors (Lipinski definition) is 3. The standard InChI is InChI=1S/C16H21F3N2O2/c1-2-3-15(22)21-10-8-13(9-11-21)20-12-4-6-14(7-5-12)23-16(17,18)19/h4-7,13,20H,2-3,8-11H2,1H3. The van der Waals surface area contributed by atoms with Crippen LogP contribution < -0.4 is 10.1 Å². The van der Waals surface area contributed by atoms with Crippen molar-refractivity contribution < 1.29 is 22.7 Å². The minimum absolute atomic E-state index is 0.194. The molecule has 1 amide bonds. The fourth-order valence-electron chi connectivity index (χ4n) is 2.63. The molecule has 128 valence electrons. The molecule has 1 fully saturated rings. The highest BCUT2D eigenvalue weighted by Gasteiger charge is 2.31. The van der Waals surface area contributed by atoms with E-state index in [1.54, 1.807) is 12.1 Å². The largest absolute Gasteiger partial charge is 0.573 e. The third-order valence-corrected chi connectivity index (χ3v) is 3.77. The molecule has 0 spiro atoms. The van der Waals surface area contributed by atoms with Crippen LogP contribution in [0.25, 0.3) is 0 Å². The number of nitrogens with one attached hydrogen (secondary N) is 1. The summed E-state index contributed by atoms with van der Waals surface area (Å²) < 4.78 is 40.1. The van der Waals surface area contributed by atoms with E-state index in [1.165, 1.54) is 12.1 Å². The number of nitrogens with zero attached hydrogens (tertiary/aromatic N) is 1. The molecule has 1 aromatic rings. The number of likely N-dealkylation sites (tertiary alicyclic amines) is 1. The summed E-state index contributed by atoms with van der Waals surface area (Å²) in [4.78, 5) is 13.7. The molecule has 0 radical (unpaired) electrons. The van der Waals surface area contributed by atoms with Crippen molar-refractivity contribution >= 4 is 11.6 Å². The molecule has 0 atom stereocenters. The number of benzene rings is 1. The number of alkyl halides is 3. The molecule has 0 bridgehead atoms. The Bertz CT molecular complexity index is 509. The number of carbonyl (C=O) groups is 1. The highest BCUT2D eigenvalue weighted by molar-refractivity contribution is 5.76. The Morgan fingerprint density at radius 2 is 1.87 bits per heavy atom. The van der Waals surface area contributed by atoms with Gasteiger partial charge in [-0.05, 0) is 43.5 Å². The topological polar surface area (TPSA) is 41.6 Å². The van der Waals surface area contributed by atoms with Gasteiger partial charge in [0.15, 0.2) is 0 Å². The van der Waals surface area contributed by atoms with Gasteiger partial charge in [-0.15, -0.1) is 13.2 Å². The average Bonchev–Trinajstić information content (AvgIpc) is 2.49. The predicted octanol–water partition coefficient (Wildman–Crippen LogP) is 3.79.